The Kier molecular flexibility index (Phi) is 21.2. The fraction of sp³-hybridized carbons (Fsp3) is 0. The Morgan fingerprint density at radius 1 is 0.875 bits per heavy atom. The van der Waals surface area contributed by atoms with Crippen LogP contribution in [0.2, 0.25) is 0 Å². The maximum Gasteiger partial charge on any atom is 0.394 e. The highest BCUT2D eigenvalue weighted by molar-refractivity contribution is 7.79. The zero-order valence-corrected chi connectivity index (χ0v) is 4.44. The van der Waals surface area contributed by atoms with Crippen molar-refractivity contribution in [3.05, 3.63) is 0 Å². The first kappa shape index (κ1) is 25.1. The molecule has 0 heterocycles. The minimum atomic E-state index is -4.67. The Labute approximate surface area is 45.4 Å². The summed E-state index contributed by atoms with van der Waals surface area (Å²) in [5.74, 6) is 0. The minimum Gasteiger partial charge on any atom is -0.412 e. The van der Waals surface area contributed by atoms with E-state index >= 15 is 0 Å². The molecule has 8 heavy (non-hydrogen) atoms. The van der Waals surface area contributed by atoms with E-state index in [1.165, 1.54) is 0 Å². The largest absolute Gasteiger partial charge is 0.412 e. The van der Waals surface area contributed by atoms with Gasteiger partial charge in [0.25, 0.3) is 0 Å². The van der Waals surface area contributed by atoms with Crippen molar-refractivity contribution < 1.29 is 34.0 Å². The molecule has 0 aliphatic carbocycles. The zero-order chi connectivity index (χ0) is 4.50. The first-order chi connectivity index (χ1) is 2.00. The molecular formula is H8O7S. The molecule has 0 aromatic rings. The second-order valence-corrected chi connectivity index (χ2v) is 1.34. The second-order valence-electron chi connectivity index (χ2n) is 0.448. The topological polar surface area (TPSA) is 169 Å². The van der Waals surface area contributed by atoms with E-state index in [0.717, 1.165) is 0 Å². The van der Waals surface area contributed by atoms with Crippen molar-refractivity contribution in [2.75, 3.05) is 0 Å². The molecule has 7 nitrogen and oxygen atoms in total. The predicted molar refractivity (Wildman–Crippen MR) is 25.0 cm³/mol. The van der Waals surface area contributed by atoms with Gasteiger partial charge in [-0.05, 0) is 0 Å². The normalized spacial score (nSPS) is 7.25. The van der Waals surface area contributed by atoms with Gasteiger partial charge in [-0.15, -0.1) is 0 Å². The molecule has 0 aliphatic rings. The maximum atomic E-state index is 8.74. The molecule has 0 unspecified atom stereocenters. The summed E-state index contributed by atoms with van der Waals surface area (Å²) >= 11 is 0. The molecule has 0 aromatic heterocycles. The zero-order valence-electron chi connectivity index (χ0n) is 3.62. The van der Waals surface area contributed by atoms with E-state index in [1.807, 2.05) is 0 Å². The van der Waals surface area contributed by atoms with Crippen LogP contribution in [0.5, 0.6) is 0 Å². The van der Waals surface area contributed by atoms with Gasteiger partial charge in [0.1, 0.15) is 0 Å². The average molecular weight is 152 g/mol. The molecule has 0 saturated carbocycles. The fourth-order valence-corrected chi connectivity index (χ4v) is 0. The summed E-state index contributed by atoms with van der Waals surface area (Å²) in [6.45, 7) is 0. The van der Waals surface area contributed by atoms with Crippen LogP contribution in [-0.2, 0) is 10.4 Å². The van der Waals surface area contributed by atoms with Crippen LogP contribution in [0.15, 0.2) is 0 Å². The van der Waals surface area contributed by atoms with Crippen molar-refractivity contribution in [2.45, 2.75) is 0 Å². The third-order valence-corrected chi connectivity index (χ3v) is 0. The van der Waals surface area contributed by atoms with Gasteiger partial charge in [0.2, 0.25) is 0 Å². The number of hydrogen-bond acceptors (Lipinski definition) is 2. The van der Waals surface area contributed by atoms with Crippen LogP contribution < -0.4 is 0 Å². The van der Waals surface area contributed by atoms with Gasteiger partial charge in [-0.3, -0.25) is 9.11 Å². The van der Waals surface area contributed by atoms with E-state index in [9.17, 15) is 0 Å². The third-order valence-electron chi connectivity index (χ3n) is 0. The van der Waals surface area contributed by atoms with Crippen LogP contribution in [0, 0.1) is 0 Å². The van der Waals surface area contributed by atoms with E-state index < -0.39 is 10.4 Å². The van der Waals surface area contributed by atoms with E-state index in [-0.39, 0.29) is 16.4 Å². The molecular weight excluding hydrogens is 144 g/mol. The number of rotatable bonds is 0. The van der Waals surface area contributed by atoms with E-state index in [0.29, 0.717) is 0 Å². The van der Waals surface area contributed by atoms with Gasteiger partial charge in [-0.1, -0.05) is 0 Å². The van der Waals surface area contributed by atoms with E-state index in [4.69, 9.17) is 17.5 Å². The molecule has 0 aliphatic heterocycles. The molecule has 0 aromatic carbocycles. The Bertz CT molecular complexity index is 87.6. The van der Waals surface area contributed by atoms with E-state index in [2.05, 4.69) is 0 Å². The summed E-state index contributed by atoms with van der Waals surface area (Å²) < 4.78 is 31.6. The van der Waals surface area contributed by atoms with Crippen molar-refractivity contribution >= 4 is 10.4 Å². The summed E-state index contributed by atoms with van der Waals surface area (Å²) in [5.41, 5.74) is 0. The molecule has 8 heteroatoms. The molecule has 0 bridgehead atoms. The van der Waals surface area contributed by atoms with Gasteiger partial charge in [0.15, 0.2) is 0 Å². The Morgan fingerprint density at radius 3 is 0.875 bits per heavy atom. The summed E-state index contributed by atoms with van der Waals surface area (Å²) in [5, 5.41) is 0. The van der Waals surface area contributed by atoms with Crippen molar-refractivity contribution in [1.29, 1.82) is 0 Å². The van der Waals surface area contributed by atoms with Gasteiger partial charge in [-0.2, -0.15) is 8.42 Å². The van der Waals surface area contributed by atoms with Crippen LogP contribution >= 0.6 is 0 Å². The lowest BCUT2D eigenvalue weighted by Gasteiger charge is -1.68. The maximum absolute atomic E-state index is 8.74. The lowest BCUT2D eigenvalue weighted by atomic mass is 15.8. The molecule has 0 radical (unpaired) electrons. The highest BCUT2D eigenvalue weighted by atomic mass is 32.3. The van der Waals surface area contributed by atoms with Gasteiger partial charge in [0.05, 0.1) is 0 Å². The summed E-state index contributed by atoms with van der Waals surface area (Å²) in [6.07, 6.45) is 0. The molecule has 0 atom stereocenters. The molecule has 56 valence electrons. The highest BCUT2D eigenvalue weighted by Gasteiger charge is 1.84. The molecule has 0 fully saturated rings. The fourth-order valence-electron chi connectivity index (χ4n) is 0. The number of hydrogen-bond donors (Lipinski definition) is 2. The quantitative estimate of drug-likeness (QED) is 0.350. The van der Waals surface area contributed by atoms with Crippen LogP contribution in [-0.4, -0.2) is 34.0 Å². The highest BCUT2D eigenvalue weighted by Crippen LogP contribution is 1.59. The van der Waals surface area contributed by atoms with Crippen LogP contribution in [0.1, 0.15) is 0 Å². The first-order valence-corrected chi connectivity index (χ1v) is 2.10. The first-order valence-electron chi connectivity index (χ1n) is 0.698. The van der Waals surface area contributed by atoms with Gasteiger partial charge in [0, 0.05) is 0 Å². The van der Waals surface area contributed by atoms with Gasteiger partial charge < -0.3 is 16.4 Å². The van der Waals surface area contributed by atoms with Crippen LogP contribution in [0.25, 0.3) is 0 Å². The van der Waals surface area contributed by atoms with Crippen LogP contribution in [0.4, 0.5) is 0 Å². The molecule has 8 N–H and O–H groups in total. The standard InChI is InChI=1S/H2O4S.3H2O/c1-5(2,3)4;;;/h(H2,1,2,3,4);3*1H2. The Hall–Kier alpha value is -0.250. The minimum absolute atomic E-state index is 0. The molecule has 0 amide bonds. The van der Waals surface area contributed by atoms with Crippen molar-refractivity contribution in [2.24, 2.45) is 0 Å². The van der Waals surface area contributed by atoms with Crippen molar-refractivity contribution in [3.63, 3.8) is 0 Å². The van der Waals surface area contributed by atoms with Crippen LogP contribution in [0.3, 0.4) is 0 Å². The van der Waals surface area contributed by atoms with Gasteiger partial charge >= 0.3 is 10.4 Å². The van der Waals surface area contributed by atoms with Gasteiger partial charge in [-0.25, -0.2) is 0 Å². The Balaban J connectivity index is -0.0000000267. The molecule has 0 spiro atoms. The average Bonchev–Trinajstić information content (AvgIpc) is 0.722. The lowest BCUT2D eigenvalue weighted by Crippen LogP contribution is -1.89. The second kappa shape index (κ2) is 6.75. The molecule has 0 saturated heterocycles. The summed E-state index contributed by atoms with van der Waals surface area (Å²) in [6, 6.07) is 0. The summed E-state index contributed by atoms with van der Waals surface area (Å²) in [4.78, 5) is 0. The molecule has 0 rings (SSSR count). The SMILES string of the molecule is O.O.O.O=S(=O)(O)O. The Morgan fingerprint density at radius 2 is 0.875 bits per heavy atom. The smallest absolute Gasteiger partial charge is 0.394 e. The predicted octanol–water partition coefficient (Wildman–Crippen LogP) is -3.13. The monoisotopic (exact) mass is 152 g/mol. The summed E-state index contributed by atoms with van der Waals surface area (Å²) in [7, 11) is -4.67. The van der Waals surface area contributed by atoms with Crippen molar-refractivity contribution in [3.8, 4) is 0 Å². The van der Waals surface area contributed by atoms with E-state index in [1.54, 1.807) is 0 Å². The third kappa shape index (κ3) is 2080. The van der Waals surface area contributed by atoms with Crippen molar-refractivity contribution in [1.82, 2.24) is 0 Å². The lowest BCUT2D eigenvalue weighted by molar-refractivity contribution is 0.381.